The van der Waals surface area contributed by atoms with Crippen LogP contribution in [0.1, 0.15) is 6.42 Å². The summed E-state index contributed by atoms with van der Waals surface area (Å²) in [5.41, 5.74) is 0.493. The van der Waals surface area contributed by atoms with Gasteiger partial charge in [0.25, 0.3) is 0 Å². The molecule has 0 aliphatic carbocycles. The first-order valence-corrected chi connectivity index (χ1v) is 6.40. The van der Waals surface area contributed by atoms with E-state index in [0.29, 0.717) is 10.0 Å². The highest BCUT2D eigenvalue weighted by molar-refractivity contribution is 8.24. The van der Waals surface area contributed by atoms with Crippen LogP contribution in [-0.4, -0.2) is 21.4 Å². The Kier molecular flexibility index (Phi) is 3.93. The molecule has 2 N–H and O–H groups in total. The smallest absolute Gasteiger partial charge is 0.239 e. The third-order valence-electron chi connectivity index (χ3n) is 2.27. The topological polar surface area (TPSA) is 58.2 Å². The molecular formula is C11H9FN2O2S2. The number of rotatable bonds is 3. The van der Waals surface area contributed by atoms with Crippen LogP contribution in [0.3, 0.4) is 0 Å². The lowest BCUT2D eigenvalue weighted by atomic mass is 10.2. The van der Waals surface area contributed by atoms with Crippen molar-refractivity contribution in [3.8, 4) is 0 Å². The summed E-state index contributed by atoms with van der Waals surface area (Å²) in [6.07, 6.45) is 0.0357. The van der Waals surface area contributed by atoms with Crippen LogP contribution >= 0.6 is 24.0 Å². The van der Waals surface area contributed by atoms with E-state index in [-0.39, 0.29) is 24.1 Å². The van der Waals surface area contributed by atoms with Gasteiger partial charge >= 0.3 is 0 Å². The SMILES string of the molecule is O=C(C[C@H]1SC(=S)NC1=O)Nc1ccc(F)cc1. The van der Waals surface area contributed by atoms with Gasteiger partial charge in [-0.1, -0.05) is 24.0 Å². The molecule has 0 unspecified atom stereocenters. The minimum Gasteiger partial charge on any atom is -0.326 e. The Morgan fingerprint density at radius 1 is 1.44 bits per heavy atom. The van der Waals surface area contributed by atoms with Crippen LogP contribution in [0.5, 0.6) is 0 Å². The number of amides is 2. The van der Waals surface area contributed by atoms with Crippen molar-refractivity contribution >= 4 is 45.8 Å². The first-order valence-electron chi connectivity index (χ1n) is 5.11. The summed E-state index contributed by atoms with van der Waals surface area (Å²) < 4.78 is 13.1. The molecule has 0 spiro atoms. The molecule has 1 saturated heterocycles. The number of thioether (sulfide) groups is 1. The molecule has 4 nitrogen and oxygen atoms in total. The third kappa shape index (κ3) is 3.27. The molecule has 1 aromatic rings. The van der Waals surface area contributed by atoms with Gasteiger partial charge in [-0.3, -0.25) is 9.59 Å². The fraction of sp³-hybridized carbons (Fsp3) is 0.182. The van der Waals surface area contributed by atoms with Crippen molar-refractivity contribution in [3.05, 3.63) is 30.1 Å². The number of hydrogen-bond acceptors (Lipinski definition) is 4. The van der Waals surface area contributed by atoms with Crippen molar-refractivity contribution in [3.63, 3.8) is 0 Å². The van der Waals surface area contributed by atoms with E-state index in [1.54, 1.807) is 0 Å². The largest absolute Gasteiger partial charge is 0.326 e. The standard InChI is InChI=1S/C11H9FN2O2S2/c12-6-1-3-7(4-2-6)13-9(15)5-8-10(16)14-11(17)18-8/h1-4,8H,5H2,(H,13,15)(H,14,16,17)/t8-/m1/s1. The Balaban J connectivity index is 1.91. The zero-order valence-corrected chi connectivity index (χ0v) is 10.7. The molecule has 2 amide bonds. The first-order chi connectivity index (χ1) is 8.54. The first kappa shape index (κ1) is 13.0. The summed E-state index contributed by atoms with van der Waals surface area (Å²) in [5, 5.41) is 4.57. The summed E-state index contributed by atoms with van der Waals surface area (Å²) in [6, 6.07) is 5.42. The van der Waals surface area contributed by atoms with Gasteiger partial charge in [0.1, 0.15) is 10.1 Å². The normalized spacial score (nSPS) is 18.6. The van der Waals surface area contributed by atoms with Gasteiger partial charge in [-0.05, 0) is 24.3 Å². The van der Waals surface area contributed by atoms with Crippen molar-refractivity contribution in [2.45, 2.75) is 11.7 Å². The average molecular weight is 284 g/mol. The molecule has 1 fully saturated rings. The Hall–Kier alpha value is -1.47. The van der Waals surface area contributed by atoms with Crippen molar-refractivity contribution < 1.29 is 14.0 Å². The molecule has 18 heavy (non-hydrogen) atoms. The average Bonchev–Trinajstić information content (AvgIpc) is 2.61. The summed E-state index contributed by atoms with van der Waals surface area (Å²) >= 11 is 5.99. The highest BCUT2D eigenvalue weighted by Crippen LogP contribution is 2.22. The number of benzene rings is 1. The molecule has 94 valence electrons. The molecule has 1 aromatic carbocycles. The van der Waals surface area contributed by atoms with Crippen molar-refractivity contribution in [1.29, 1.82) is 0 Å². The van der Waals surface area contributed by atoms with Crippen molar-refractivity contribution in [2.75, 3.05) is 5.32 Å². The van der Waals surface area contributed by atoms with Gasteiger partial charge in [-0.15, -0.1) is 0 Å². The number of carbonyl (C=O) groups is 2. The molecule has 7 heteroatoms. The number of thiocarbonyl (C=S) groups is 1. The van der Waals surface area contributed by atoms with Crippen molar-refractivity contribution in [1.82, 2.24) is 5.32 Å². The molecule has 1 aliphatic rings. The van der Waals surface area contributed by atoms with E-state index in [1.807, 2.05) is 0 Å². The van der Waals surface area contributed by atoms with Gasteiger partial charge in [0.05, 0.1) is 5.25 Å². The lowest BCUT2D eigenvalue weighted by Crippen LogP contribution is -2.27. The lowest BCUT2D eigenvalue weighted by molar-refractivity contribution is -0.122. The molecule has 1 atom stereocenters. The second-order valence-electron chi connectivity index (χ2n) is 3.64. The van der Waals surface area contributed by atoms with E-state index in [4.69, 9.17) is 12.2 Å². The van der Waals surface area contributed by atoms with E-state index in [1.165, 1.54) is 24.3 Å². The maximum Gasteiger partial charge on any atom is 0.239 e. The minimum absolute atomic E-state index is 0.0357. The van der Waals surface area contributed by atoms with Crippen molar-refractivity contribution in [2.24, 2.45) is 0 Å². The number of nitrogens with one attached hydrogen (secondary N) is 2. The Morgan fingerprint density at radius 2 is 2.11 bits per heavy atom. The number of carbonyl (C=O) groups excluding carboxylic acids is 2. The highest BCUT2D eigenvalue weighted by Gasteiger charge is 2.30. The summed E-state index contributed by atoms with van der Waals surface area (Å²) in [5.74, 6) is -0.928. The summed E-state index contributed by atoms with van der Waals surface area (Å²) in [7, 11) is 0. The van der Waals surface area contributed by atoms with E-state index in [9.17, 15) is 14.0 Å². The molecule has 0 aromatic heterocycles. The van der Waals surface area contributed by atoms with Crippen LogP contribution in [-0.2, 0) is 9.59 Å². The molecule has 1 heterocycles. The van der Waals surface area contributed by atoms with E-state index in [2.05, 4.69) is 10.6 Å². The van der Waals surface area contributed by atoms with Crippen LogP contribution < -0.4 is 10.6 Å². The zero-order valence-electron chi connectivity index (χ0n) is 9.10. The Bertz CT molecular complexity index is 504. The van der Waals surface area contributed by atoms with Crippen LogP contribution in [0, 0.1) is 5.82 Å². The third-order valence-corrected chi connectivity index (χ3v) is 3.64. The predicted octanol–water partition coefficient (Wildman–Crippen LogP) is 1.67. The van der Waals surface area contributed by atoms with Gasteiger partial charge in [0.2, 0.25) is 11.8 Å². The minimum atomic E-state index is -0.488. The fourth-order valence-corrected chi connectivity index (χ4v) is 2.71. The van der Waals surface area contributed by atoms with Gasteiger partial charge < -0.3 is 10.6 Å². The van der Waals surface area contributed by atoms with Crippen LogP contribution in [0.2, 0.25) is 0 Å². The molecule has 1 aliphatic heterocycles. The molecular weight excluding hydrogens is 275 g/mol. The molecule has 0 saturated carbocycles. The van der Waals surface area contributed by atoms with Gasteiger partial charge in [-0.25, -0.2) is 4.39 Å². The van der Waals surface area contributed by atoms with Gasteiger partial charge in [0, 0.05) is 12.1 Å². The predicted molar refractivity (Wildman–Crippen MR) is 71.8 cm³/mol. The maximum atomic E-state index is 12.7. The van der Waals surface area contributed by atoms with Gasteiger partial charge in [-0.2, -0.15) is 0 Å². The lowest BCUT2D eigenvalue weighted by Gasteiger charge is -2.07. The number of halogens is 1. The molecule has 0 radical (unpaired) electrons. The van der Waals surface area contributed by atoms with Crippen LogP contribution in [0.15, 0.2) is 24.3 Å². The highest BCUT2D eigenvalue weighted by atomic mass is 32.2. The van der Waals surface area contributed by atoms with E-state index < -0.39 is 5.25 Å². The Morgan fingerprint density at radius 3 is 2.67 bits per heavy atom. The second-order valence-corrected chi connectivity index (χ2v) is 5.52. The van der Waals surface area contributed by atoms with Crippen LogP contribution in [0.25, 0.3) is 0 Å². The monoisotopic (exact) mass is 284 g/mol. The van der Waals surface area contributed by atoms with E-state index >= 15 is 0 Å². The molecule has 0 bridgehead atoms. The van der Waals surface area contributed by atoms with Crippen LogP contribution in [0.4, 0.5) is 10.1 Å². The Labute approximate surface area is 112 Å². The molecule has 2 rings (SSSR count). The maximum absolute atomic E-state index is 12.7. The number of anilines is 1. The fourth-order valence-electron chi connectivity index (χ4n) is 1.44. The summed E-state index contributed by atoms with van der Waals surface area (Å²) in [4.78, 5) is 23.0. The van der Waals surface area contributed by atoms with E-state index in [0.717, 1.165) is 11.8 Å². The quantitative estimate of drug-likeness (QED) is 0.829. The summed E-state index contributed by atoms with van der Waals surface area (Å²) in [6.45, 7) is 0. The zero-order chi connectivity index (χ0) is 13.1. The second kappa shape index (κ2) is 5.45. The van der Waals surface area contributed by atoms with Gasteiger partial charge in [0.15, 0.2) is 0 Å². The number of hydrogen-bond donors (Lipinski definition) is 2.